The van der Waals surface area contributed by atoms with Gasteiger partial charge in [0.05, 0.1) is 0 Å². The average Bonchev–Trinajstić information content (AvgIpc) is 2.60. The minimum absolute atomic E-state index is 0.144. The zero-order valence-electron chi connectivity index (χ0n) is 20.4. The molecular weight excluding hydrogens is 453 g/mol. The second-order valence-corrected chi connectivity index (χ2v) is 24.9. The molecule has 0 spiro atoms. The quantitative estimate of drug-likeness (QED) is 0.176. The summed E-state index contributed by atoms with van der Waals surface area (Å²) in [4.78, 5) is 14.4. The van der Waals surface area contributed by atoms with Crippen molar-refractivity contribution in [2.75, 3.05) is 0 Å². The van der Waals surface area contributed by atoms with Crippen LogP contribution in [0.2, 0.25) is 16.7 Å². The van der Waals surface area contributed by atoms with E-state index in [-0.39, 0.29) is 21.6 Å². The van der Waals surface area contributed by atoms with Crippen LogP contribution >= 0.6 is 0 Å². The van der Waals surface area contributed by atoms with Gasteiger partial charge in [-0.05, 0) is 0 Å². The molecule has 0 saturated heterocycles. The Balaban J connectivity index is 5.48. The van der Waals surface area contributed by atoms with Crippen molar-refractivity contribution in [3.63, 3.8) is 0 Å². The first kappa shape index (κ1) is 27.8. The van der Waals surface area contributed by atoms with E-state index in [9.17, 15) is 4.79 Å². The van der Waals surface area contributed by atoms with Crippen molar-refractivity contribution in [2.45, 2.75) is 130 Å². The fourth-order valence-electron chi connectivity index (χ4n) is 4.40. The van der Waals surface area contributed by atoms with Crippen molar-refractivity contribution in [1.82, 2.24) is 4.90 Å². The fraction of sp³-hybridized carbons (Fsp3) is 0.875. The van der Waals surface area contributed by atoms with Crippen molar-refractivity contribution in [3.05, 3.63) is 12.3 Å². The summed E-state index contributed by atoms with van der Waals surface area (Å²) in [5.41, 5.74) is 0. The predicted molar refractivity (Wildman–Crippen MR) is 127 cm³/mol. The van der Waals surface area contributed by atoms with Crippen molar-refractivity contribution in [2.24, 2.45) is 0 Å². The third-order valence-corrected chi connectivity index (χ3v) is 25.9. The Kier molecular flexibility index (Phi) is 13.8. The van der Waals surface area contributed by atoms with Gasteiger partial charge in [0.15, 0.2) is 0 Å². The second-order valence-electron chi connectivity index (χ2n) is 9.59. The summed E-state index contributed by atoms with van der Waals surface area (Å²) >= 11 is -2.44. The summed E-state index contributed by atoms with van der Waals surface area (Å²) in [5.74, 6) is 0. The van der Waals surface area contributed by atoms with Gasteiger partial charge in [0.2, 0.25) is 0 Å². The molecule has 1 amide bonds. The molecule has 0 unspecified atom stereocenters. The monoisotopic (exact) mass is 503 g/mol. The van der Waals surface area contributed by atoms with Gasteiger partial charge in [-0.2, -0.15) is 0 Å². The molecule has 3 nitrogen and oxygen atoms in total. The molecule has 28 heavy (non-hydrogen) atoms. The summed E-state index contributed by atoms with van der Waals surface area (Å²) in [5, 5.41) is 0. The van der Waals surface area contributed by atoms with Crippen LogP contribution in [0.5, 0.6) is 0 Å². The van der Waals surface area contributed by atoms with E-state index in [0.29, 0.717) is 0 Å². The first-order valence-electron chi connectivity index (χ1n) is 11.7. The Morgan fingerprint density at radius 1 is 0.893 bits per heavy atom. The second kappa shape index (κ2) is 13.9. The number of hydrogen-bond donors (Lipinski definition) is 0. The molecule has 0 aromatic carbocycles. The standard InChI is InChI=1S/C12H22NO2.3C4H9.Sn/c1-9(2)7-8-15-12(14)13(10(3)4)11(5)6;3*1-3-4-2;/h7-8,10-11H,1-6H3;3*1,3-4H2,2H3;/b8-7+;;;;. The summed E-state index contributed by atoms with van der Waals surface area (Å²) in [7, 11) is 0. The molecule has 0 heterocycles. The zero-order chi connectivity index (χ0) is 21.8. The summed E-state index contributed by atoms with van der Waals surface area (Å²) in [6.07, 6.45) is 11.7. The van der Waals surface area contributed by atoms with E-state index in [2.05, 4.69) is 40.7 Å². The molecule has 0 rings (SSSR count). The van der Waals surface area contributed by atoms with Crippen LogP contribution in [0.4, 0.5) is 4.79 Å². The molecule has 0 aromatic rings. The van der Waals surface area contributed by atoms with Gasteiger partial charge in [-0.1, -0.05) is 0 Å². The van der Waals surface area contributed by atoms with Crippen LogP contribution in [0, 0.1) is 0 Å². The van der Waals surface area contributed by atoms with Crippen LogP contribution in [0.3, 0.4) is 0 Å². The number of allylic oxidation sites excluding steroid dienone is 1. The number of amides is 1. The summed E-state index contributed by atoms with van der Waals surface area (Å²) in [6.45, 7) is 19.9. The van der Waals surface area contributed by atoms with Crippen molar-refractivity contribution in [3.8, 4) is 0 Å². The van der Waals surface area contributed by atoms with Gasteiger partial charge in [0, 0.05) is 0 Å². The Morgan fingerprint density at radius 3 is 1.61 bits per heavy atom. The topological polar surface area (TPSA) is 29.5 Å². The molecular formula is C24H49NO2Sn. The number of nitrogens with zero attached hydrogens (tertiary/aromatic N) is 1. The molecule has 0 radical (unpaired) electrons. The van der Waals surface area contributed by atoms with Crippen molar-refractivity contribution < 1.29 is 9.53 Å². The Hall–Kier alpha value is -0.191. The Labute approximate surface area is 180 Å². The van der Waals surface area contributed by atoms with Gasteiger partial charge in [-0.3, -0.25) is 0 Å². The number of hydrogen-bond acceptors (Lipinski definition) is 2. The Morgan fingerprint density at radius 2 is 1.29 bits per heavy atom. The molecule has 0 saturated carbocycles. The third kappa shape index (κ3) is 8.67. The van der Waals surface area contributed by atoms with E-state index in [1.54, 1.807) is 11.2 Å². The number of rotatable bonds is 14. The van der Waals surface area contributed by atoms with Gasteiger partial charge < -0.3 is 0 Å². The molecule has 4 heteroatoms. The Bertz CT molecular complexity index is 428. The van der Waals surface area contributed by atoms with Crippen molar-refractivity contribution in [1.29, 1.82) is 0 Å². The van der Waals surface area contributed by atoms with Crippen LogP contribution in [0.15, 0.2) is 12.3 Å². The van der Waals surface area contributed by atoms with Crippen LogP contribution in [0.1, 0.15) is 101 Å². The minimum atomic E-state index is -2.44. The average molecular weight is 502 g/mol. The van der Waals surface area contributed by atoms with Gasteiger partial charge in [0.1, 0.15) is 0 Å². The van der Waals surface area contributed by atoms with E-state index in [1.807, 2.05) is 27.7 Å². The summed E-state index contributed by atoms with van der Waals surface area (Å²) < 4.78 is 10.2. The molecule has 0 fully saturated rings. The van der Waals surface area contributed by atoms with E-state index >= 15 is 0 Å². The van der Waals surface area contributed by atoms with E-state index < -0.39 is 18.4 Å². The summed E-state index contributed by atoms with van der Waals surface area (Å²) in [6, 6.07) is 0.289. The maximum atomic E-state index is 12.5. The first-order chi connectivity index (χ1) is 13.1. The van der Waals surface area contributed by atoms with Crippen LogP contribution < -0.4 is 0 Å². The molecule has 0 aromatic heterocycles. The number of unbranched alkanes of at least 4 members (excludes halogenated alkanes) is 3. The van der Waals surface area contributed by atoms with E-state index in [1.165, 1.54) is 51.8 Å². The molecule has 0 aliphatic rings. The molecule has 0 aliphatic carbocycles. The molecule has 0 N–H and O–H groups in total. The number of carbonyl (C=O) groups is 1. The van der Waals surface area contributed by atoms with Crippen LogP contribution in [-0.2, 0) is 4.74 Å². The maximum absolute atomic E-state index is 12.5. The molecule has 0 aliphatic heterocycles. The third-order valence-electron chi connectivity index (χ3n) is 6.37. The van der Waals surface area contributed by atoms with Gasteiger partial charge in [0.25, 0.3) is 0 Å². The van der Waals surface area contributed by atoms with E-state index in [4.69, 9.17) is 4.74 Å². The van der Waals surface area contributed by atoms with Gasteiger partial charge in [-0.15, -0.1) is 0 Å². The van der Waals surface area contributed by atoms with E-state index in [0.717, 1.165) is 0 Å². The van der Waals surface area contributed by atoms with Crippen molar-refractivity contribution >= 4 is 24.5 Å². The normalized spacial score (nSPS) is 13.0. The first-order valence-corrected chi connectivity index (χ1v) is 19.2. The van der Waals surface area contributed by atoms with Gasteiger partial charge in [-0.25, -0.2) is 0 Å². The zero-order valence-corrected chi connectivity index (χ0v) is 23.3. The predicted octanol–water partition coefficient (Wildman–Crippen LogP) is 8.38. The number of ether oxygens (including phenoxy) is 1. The molecule has 0 bridgehead atoms. The number of carbonyl (C=O) groups excluding carboxylic acids is 1. The molecule has 0 atom stereocenters. The van der Waals surface area contributed by atoms with Gasteiger partial charge >= 0.3 is 181 Å². The van der Waals surface area contributed by atoms with Crippen LogP contribution in [0.25, 0.3) is 0 Å². The van der Waals surface area contributed by atoms with Crippen LogP contribution in [-0.4, -0.2) is 41.5 Å². The fourth-order valence-corrected chi connectivity index (χ4v) is 22.1. The molecule has 166 valence electrons. The SMILES string of the molecule is CCC[CH2][Sn]([CH2]CCC)([CH2]CCC)[C](C)(C)/C=C/OC(=O)N(C(C)C)C(C)C.